The normalized spacial score (nSPS) is 20.1. The fraction of sp³-hybridized carbons (Fsp3) is 0.462. The molecular weight excluding hydrogens is 296 g/mol. The molecule has 0 bridgehead atoms. The number of aromatic carboxylic acids is 1. The van der Waals surface area contributed by atoms with Gasteiger partial charge in [-0.1, -0.05) is 0 Å². The molecule has 0 aromatic carbocycles. The molecule has 8 heteroatoms. The van der Waals surface area contributed by atoms with Gasteiger partial charge in [0.2, 0.25) is 0 Å². The maximum absolute atomic E-state index is 12.5. The Morgan fingerprint density at radius 1 is 1.48 bits per heavy atom. The Kier molecular flexibility index (Phi) is 4.26. The summed E-state index contributed by atoms with van der Waals surface area (Å²) in [6.45, 7) is 2.13. The van der Waals surface area contributed by atoms with Gasteiger partial charge in [-0.2, -0.15) is 0 Å². The minimum absolute atomic E-state index is 0.0382. The van der Waals surface area contributed by atoms with Crippen LogP contribution in [0.4, 0.5) is 0 Å². The first-order chi connectivity index (χ1) is 9.84. The van der Waals surface area contributed by atoms with Gasteiger partial charge in [0.05, 0.1) is 11.5 Å². The third-order valence-electron chi connectivity index (χ3n) is 3.48. The van der Waals surface area contributed by atoms with Gasteiger partial charge in [0.25, 0.3) is 5.91 Å². The number of sulfone groups is 1. The van der Waals surface area contributed by atoms with Crippen LogP contribution in [0.25, 0.3) is 0 Å². The average Bonchev–Trinajstić information content (AvgIpc) is 2.79. The number of nitrogens with zero attached hydrogens (tertiary/aromatic N) is 2. The summed E-state index contributed by atoms with van der Waals surface area (Å²) in [4.78, 5) is 28.5. The van der Waals surface area contributed by atoms with Crippen LogP contribution >= 0.6 is 0 Å². The molecular formula is C13H16N2O5S. The highest BCUT2D eigenvalue weighted by molar-refractivity contribution is 7.91. The van der Waals surface area contributed by atoms with Crippen LogP contribution in [0.2, 0.25) is 0 Å². The molecule has 0 radical (unpaired) electrons. The van der Waals surface area contributed by atoms with Crippen LogP contribution in [-0.4, -0.2) is 59.4 Å². The number of carboxylic acid groups (broad SMARTS) is 1. The van der Waals surface area contributed by atoms with Crippen molar-refractivity contribution in [3.8, 4) is 0 Å². The van der Waals surface area contributed by atoms with Crippen molar-refractivity contribution in [1.29, 1.82) is 0 Å². The Balaban J connectivity index is 2.25. The van der Waals surface area contributed by atoms with Gasteiger partial charge in [-0.15, -0.1) is 0 Å². The largest absolute Gasteiger partial charge is 0.477 e. The zero-order valence-corrected chi connectivity index (χ0v) is 12.3. The van der Waals surface area contributed by atoms with Gasteiger partial charge < -0.3 is 10.0 Å². The molecule has 0 saturated carbocycles. The summed E-state index contributed by atoms with van der Waals surface area (Å²) in [5.74, 6) is -1.54. The summed E-state index contributed by atoms with van der Waals surface area (Å²) >= 11 is 0. The molecule has 7 nitrogen and oxygen atoms in total. The highest BCUT2D eigenvalue weighted by Gasteiger charge is 2.34. The van der Waals surface area contributed by atoms with Crippen molar-refractivity contribution in [3.63, 3.8) is 0 Å². The monoisotopic (exact) mass is 312 g/mol. The molecule has 1 N–H and O–H groups in total. The Bertz CT molecular complexity index is 671. The number of carbonyl (C=O) groups is 2. The molecule has 21 heavy (non-hydrogen) atoms. The van der Waals surface area contributed by atoms with E-state index in [0.29, 0.717) is 13.0 Å². The van der Waals surface area contributed by atoms with Crippen LogP contribution in [-0.2, 0) is 9.84 Å². The zero-order valence-electron chi connectivity index (χ0n) is 11.5. The fourth-order valence-corrected chi connectivity index (χ4v) is 4.17. The zero-order chi connectivity index (χ0) is 15.6. The van der Waals surface area contributed by atoms with Crippen molar-refractivity contribution >= 4 is 21.7 Å². The maximum atomic E-state index is 12.5. The van der Waals surface area contributed by atoms with Gasteiger partial charge in [-0.25, -0.2) is 18.2 Å². The van der Waals surface area contributed by atoms with Crippen molar-refractivity contribution in [2.45, 2.75) is 19.4 Å². The lowest BCUT2D eigenvalue weighted by Gasteiger charge is -2.26. The molecule has 2 heterocycles. The fourth-order valence-electron chi connectivity index (χ4n) is 2.44. The van der Waals surface area contributed by atoms with Crippen molar-refractivity contribution in [1.82, 2.24) is 9.88 Å². The lowest BCUT2D eigenvalue weighted by molar-refractivity contribution is 0.0690. The van der Waals surface area contributed by atoms with E-state index < -0.39 is 15.8 Å². The van der Waals surface area contributed by atoms with Crippen LogP contribution in [0.15, 0.2) is 18.3 Å². The minimum Gasteiger partial charge on any atom is -0.477 e. The number of rotatable bonds is 4. The quantitative estimate of drug-likeness (QED) is 0.864. The molecule has 114 valence electrons. The highest BCUT2D eigenvalue weighted by Crippen LogP contribution is 2.20. The van der Waals surface area contributed by atoms with E-state index in [4.69, 9.17) is 5.11 Å². The predicted octanol–water partition coefficient (Wildman–Crippen LogP) is 0.429. The van der Waals surface area contributed by atoms with Crippen molar-refractivity contribution in [3.05, 3.63) is 29.6 Å². The number of pyridine rings is 1. The number of amides is 1. The van der Waals surface area contributed by atoms with Crippen molar-refractivity contribution in [2.24, 2.45) is 0 Å². The van der Waals surface area contributed by atoms with E-state index in [9.17, 15) is 18.0 Å². The molecule has 0 spiro atoms. The van der Waals surface area contributed by atoms with Gasteiger partial charge in [0.1, 0.15) is 5.69 Å². The first kappa shape index (κ1) is 15.4. The topological polar surface area (TPSA) is 105 Å². The minimum atomic E-state index is -3.09. The van der Waals surface area contributed by atoms with E-state index in [2.05, 4.69) is 4.98 Å². The van der Waals surface area contributed by atoms with E-state index in [1.54, 1.807) is 6.92 Å². The lowest BCUT2D eigenvalue weighted by atomic mass is 10.1. The van der Waals surface area contributed by atoms with Gasteiger partial charge in [0.15, 0.2) is 9.84 Å². The Labute approximate surface area is 122 Å². The molecule has 1 aromatic heterocycles. The van der Waals surface area contributed by atoms with E-state index in [0.717, 1.165) is 0 Å². The average molecular weight is 312 g/mol. The molecule has 1 aliphatic rings. The number of hydrogen-bond donors (Lipinski definition) is 1. The van der Waals surface area contributed by atoms with E-state index in [1.807, 2.05) is 0 Å². The Morgan fingerprint density at radius 3 is 2.71 bits per heavy atom. The molecule has 1 amide bonds. The molecule has 1 saturated heterocycles. The Hall–Kier alpha value is -1.96. The van der Waals surface area contributed by atoms with Crippen molar-refractivity contribution in [2.75, 3.05) is 18.1 Å². The third-order valence-corrected chi connectivity index (χ3v) is 5.23. The molecule has 1 aliphatic heterocycles. The summed E-state index contributed by atoms with van der Waals surface area (Å²) in [6.07, 6.45) is 1.68. The number of carboxylic acids is 1. The molecule has 1 fully saturated rings. The molecule has 1 atom stereocenters. The van der Waals surface area contributed by atoms with Crippen molar-refractivity contribution < 1.29 is 23.1 Å². The lowest BCUT2D eigenvalue weighted by Crippen LogP contribution is -2.41. The number of aromatic nitrogens is 1. The SMILES string of the molecule is CCN(C(=O)c1ccnc(C(=O)O)c1)C1CCS(=O)(=O)C1. The second kappa shape index (κ2) is 5.80. The summed E-state index contributed by atoms with van der Waals surface area (Å²) in [6, 6.07) is 2.28. The second-order valence-electron chi connectivity index (χ2n) is 4.88. The van der Waals surface area contributed by atoms with E-state index in [1.165, 1.54) is 23.2 Å². The van der Waals surface area contributed by atoms with Gasteiger partial charge in [-0.3, -0.25) is 4.79 Å². The third kappa shape index (κ3) is 3.38. The summed E-state index contributed by atoms with van der Waals surface area (Å²) in [5, 5.41) is 8.90. The summed E-state index contributed by atoms with van der Waals surface area (Å²) in [5.41, 5.74) is -0.00973. The Morgan fingerprint density at radius 2 is 2.19 bits per heavy atom. The first-order valence-corrected chi connectivity index (χ1v) is 8.37. The predicted molar refractivity (Wildman–Crippen MR) is 75.0 cm³/mol. The summed E-state index contributed by atoms with van der Waals surface area (Å²) < 4.78 is 23.1. The van der Waals surface area contributed by atoms with Gasteiger partial charge in [-0.05, 0) is 25.5 Å². The maximum Gasteiger partial charge on any atom is 0.354 e. The van der Waals surface area contributed by atoms with Crippen LogP contribution in [0.3, 0.4) is 0 Å². The number of hydrogen-bond acceptors (Lipinski definition) is 5. The first-order valence-electron chi connectivity index (χ1n) is 6.55. The van der Waals surface area contributed by atoms with E-state index in [-0.39, 0.29) is 34.7 Å². The smallest absolute Gasteiger partial charge is 0.354 e. The van der Waals surface area contributed by atoms with Gasteiger partial charge in [0, 0.05) is 24.3 Å². The second-order valence-corrected chi connectivity index (χ2v) is 7.11. The van der Waals surface area contributed by atoms with Crippen LogP contribution in [0.5, 0.6) is 0 Å². The molecule has 0 aliphatic carbocycles. The van der Waals surface area contributed by atoms with Crippen LogP contribution < -0.4 is 0 Å². The standard InChI is InChI=1S/C13H16N2O5S/c1-2-15(10-4-6-21(19,20)8-10)12(16)9-3-5-14-11(7-9)13(17)18/h3,5,7,10H,2,4,6,8H2,1H3,(H,17,18). The highest BCUT2D eigenvalue weighted by atomic mass is 32.2. The number of carbonyl (C=O) groups excluding carboxylic acids is 1. The van der Waals surface area contributed by atoms with Crippen LogP contribution in [0.1, 0.15) is 34.2 Å². The van der Waals surface area contributed by atoms with E-state index >= 15 is 0 Å². The molecule has 1 aromatic rings. The molecule has 2 rings (SSSR count). The van der Waals surface area contributed by atoms with Crippen LogP contribution in [0, 0.1) is 0 Å². The molecule has 1 unspecified atom stereocenters. The summed E-state index contributed by atoms with van der Waals surface area (Å²) in [7, 11) is -3.09. The van der Waals surface area contributed by atoms with Gasteiger partial charge >= 0.3 is 5.97 Å².